The second-order valence-electron chi connectivity index (χ2n) is 7.17. The van der Waals surface area contributed by atoms with E-state index >= 15 is 0 Å². The van der Waals surface area contributed by atoms with Gasteiger partial charge < -0.3 is 20.9 Å². The molecular formula is C15H27N3O2. The predicted molar refractivity (Wildman–Crippen MR) is 80.2 cm³/mol. The van der Waals surface area contributed by atoms with E-state index < -0.39 is 5.79 Å². The quantitative estimate of drug-likeness (QED) is 0.598. The van der Waals surface area contributed by atoms with Gasteiger partial charge in [0.25, 0.3) is 0 Å². The molecule has 0 aromatic rings. The van der Waals surface area contributed by atoms with Crippen LogP contribution in [0.4, 0.5) is 0 Å². The number of nitrogens with zero attached hydrogens (tertiary/aromatic N) is 1. The molecule has 5 heteroatoms. The van der Waals surface area contributed by atoms with Gasteiger partial charge in [0.2, 0.25) is 0 Å². The molecule has 1 heterocycles. The summed E-state index contributed by atoms with van der Waals surface area (Å²) in [7, 11) is 0. The standard InChI is InChI=1S/C15H27N3O2/c1-14(2,3)18-12(17)8-10(16)9-6-7-11-13(9)20-15(4,5)19-11/h8-9,11,13H,6-7,16H2,1-5H3,(H2,17,18)/b10-8-. The average molecular weight is 281 g/mol. The third-order valence-corrected chi connectivity index (χ3v) is 3.59. The van der Waals surface area contributed by atoms with Gasteiger partial charge in [0, 0.05) is 11.6 Å². The maximum absolute atomic E-state index is 6.21. The molecule has 0 aromatic carbocycles. The van der Waals surface area contributed by atoms with E-state index in [1.807, 2.05) is 34.6 Å². The third-order valence-electron chi connectivity index (χ3n) is 3.59. The molecule has 20 heavy (non-hydrogen) atoms. The molecule has 3 atom stereocenters. The molecule has 3 unspecified atom stereocenters. The average Bonchev–Trinajstić information content (AvgIpc) is 2.68. The molecule has 2 fully saturated rings. The van der Waals surface area contributed by atoms with Gasteiger partial charge in [-0.3, -0.25) is 4.99 Å². The van der Waals surface area contributed by atoms with Crippen LogP contribution in [0.1, 0.15) is 47.5 Å². The Morgan fingerprint density at radius 1 is 1.20 bits per heavy atom. The summed E-state index contributed by atoms with van der Waals surface area (Å²) in [5.74, 6) is 0.117. The molecule has 1 saturated heterocycles. The number of fused-ring (bicyclic) bond motifs is 1. The van der Waals surface area contributed by atoms with Crippen LogP contribution in [0.5, 0.6) is 0 Å². The van der Waals surface area contributed by atoms with Crippen LogP contribution in [0.2, 0.25) is 0 Å². The van der Waals surface area contributed by atoms with Crippen LogP contribution < -0.4 is 11.5 Å². The smallest absolute Gasteiger partial charge is 0.163 e. The van der Waals surface area contributed by atoms with Gasteiger partial charge in [0.1, 0.15) is 5.84 Å². The Hall–Kier alpha value is -1.07. The first kappa shape index (κ1) is 15.3. The minimum atomic E-state index is -0.515. The molecule has 4 N–H and O–H groups in total. The van der Waals surface area contributed by atoms with Crippen molar-refractivity contribution in [2.45, 2.75) is 71.0 Å². The number of hydrogen-bond acceptors (Lipinski definition) is 4. The first-order valence-electron chi connectivity index (χ1n) is 7.25. The van der Waals surface area contributed by atoms with Crippen molar-refractivity contribution in [2.24, 2.45) is 22.4 Å². The highest BCUT2D eigenvalue weighted by Crippen LogP contribution is 2.43. The van der Waals surface area contributed by atoms with Crippen LogP contribution >= 0.6 is 0 Å². The van der Waals surface area contributed by atoms with Crippen molar-refractivity contribution < 1.29 is 9.47 Å². The zero-order chi connectivity index (χ0) is 15.1. The molecule has 0 amide bonds. The summed E-state index contributed by atoms with van der Waals surface area (Å²) < 4.78 is 11.8. The lowest BCUT2D eigenvalue weighted by atomic mass is 10.0. The van der Waals surface area contributed by atoms with Crippen LogP contribution in [0.25, 0.3) is 0 Å². The van der Waals surface area contributed by atoms with Crippen LogP contribution in [-0.2, 0) is 9.47 Å². The predicted octanol–water partition coefficient (Wildman–Crippen LogP) is 1.91. The van der Waals surface area contributed by atoms with Crippen molar-refractivity contribution in [3.63, 3.8) is 0 Å². The van der Waals surface area contributed by atoms with E-state index in [4.69, 9.17) is 20.9 Å². The van der Waals surface area contributed by atoms with E-state index in [-0.39, 0.29) is 23.7 Å². The molecule has 114 valence electrons. The van der Waals surface area contributed by atoms with Gasteiger partial charge in [-0.25, -0.2) is 0 Å². The van der Waals surface area contributed by atoms with E-state index in [1.54, 1.807) is 6.08 Å². The van der Waals surface area contributed by atoms with Crippen molar-refractivity contribution in [3.8, 4) is 0 Å². The molecule has 0 aromatic heterocycles. The van der Waals surface area contributed by atoms with E-state index in [1.165, 1.54) is 0 Å². The fraction of sp³-hybridized carbons (Fsp3) is 0.800. The second kappa shape index (κ2) is 5.04. The number of nitrogens with two attached hydrogens (primary N) is 2. The van der Waals surface area contributed by atoms with Gasteiger partial charge in [-0.1, -0.05) is 0 Å². The number of rotatable bonds is 2. The summed E-state index contributed by atoms with van der Waals surface area (Å²) in [5.41, 5.74) is 12.7. The van der Waals surface area contributed by atoms with Crippen LogP contribution in [0.15, 0.2) is 16.8 Å². The van der Waals surface area contributed by atoms with E-state index in [9.17, 15) is 0 Å². The number of hydrogen-bond donors (Lipinski definition) is 2. The van der Waals surface area contributed by atoms with Crippen molar-refractivity contribution in [2.75, 3.05) is 0 Å². The Kier molecular flexibility index (Phi) is 3.86. The van der Waals surface area contributed by atoms with Gasteiger partial charge in [0.15, 0.2) is 5.79 Å². The number of aliphatic imine (C=N–C) groups is 1. The van der Waals surface area contributed by atoms with Gasteiger partial charge in [-0.15, -0.1) is 0 Å². The lowest BCUT2D eigenvalue weighted by Gasteiger charge is -2.22. The summed E-state index contributed by atoms with van der Waals surface area (Å²) in [6.07, 6.45) is 3.89. The molecule has 2 rings (SSSR count). The van der Waals surface area contributed by atoms with Crippen molar-refractivity contribution in [1.29, 1.82) is 0 Å². The third kappa shape index (κ3) is 3.52. The topological polar surface area (TPSA) is 82.9 Å². The molecular weight excluding hydrogens is 254 g/mol. The van der Waals surface area contributed by atoms with Crippen molar-refractivity contribution in [1.82, 2.24) is 0 Å². The SMILES string of the molecule is CC(C)(C)N=C(N)/C=C(\N)C1CCC2OC(C)(C)OC21. The Bertz CT molecular complexity index is 435. The fourth-order valence-corrected chi connectivity index (χ4v) is 2.99. The van der Waals surface area contributed by atoms with Crippen molar-refractivity contribution >= 4 is 5.84 Å². The highest BCUT2D eigenvalue weighted by molar-refractivity contribution is 5.92. The van der Waals surface area contributed by atoms with Gasteiger partial charge >= 0.3 is 0 Å². The molecule has 1 aliphatic carbocycles. The second-order valence-corrected chi connectivity index (χ2v) is 7.17. The van der Waals surface area contributed by atoms with Crippen molar-refractivity contribution in [3.05, 3.63) is 11.8 Å². The molecule has 1 aliphatic heterocycles. The first-order valence-corrected chi connectivity index (χ1v) is 7.25. The molecule has 0 radical (unpaired) electrons. The van der Waals surface area contributed by atoms with E-state index in [2.05, 4.69) is 4.99 Å². The minimum absolute atomic E-state index is 0.0312. The Morgan fingerprint density at radius 2 is 1.85 bits per heavy atom. The normalized spacial score (nSPS) is 34.4. The largest absolute Gasteiger partial charge is 0.402 e. The number of amidine groups is 1. The lowest BCUT2D eigenvalue weighted by Crippen LogP contribution is -2.29. The molecule has 2 aliphatic rings. The first-order chi connectivity index (χ1) is 9.07. The summed E-state index contributed by atoms with van der Waals surface area (Å²) in [6, 6.07) is 0. The van der Waals surface area contributed by atoms with Crippen LogP contribution in [0.3, 0.4) is 0 Å². The maximum Gasteiger partial charge on any atom is 0.163 e. The minimum Gasteiger partial charge on any atom is -0.402 e. The zero-order valence-corrected chi connectivity index (χ0v) is 13.1. The number of ether oxygens (including phenoxy) is 2. The van der Waals surface area contributed by atoms with Crippen LogP contribution in [0, 0.1) is 5.92 Å². The highest BCUT2D eigenvalue weighted by atomic mass is 16.8. The molecule has 0 spiro atoms. The van der Waals surface area contributed by atoms with E-state index in [0.29, 0.717) is 5.84 Å². The van der Waals surface area contributed by atoms with Crippen LogP contribution in [-0.4, -0.2) is 29.4 Å². The zero-order valence-electron chi connectivity index (χ0n) is 13.1. The van der Waals surface area contributed by atoms with Gasteiger partial charge in [0.05, 0.1) is 17.7 Å². The maximum atomic E-state index is 6.21. The summed E-state index contributed by atoms with van der Waals surface area (Å²) in [4.78, 5) is 4.40. The summed E-state index contributed by atoms with van der Waals surface area (Å²) >= 11 is 0. The van der Waals surface area contributed by atoms with E-state index in [0.717, 1.165) is 18.5 Å². The summed E-state index contributed by atoms with van der Waals surface area (Å²) in [6.45, 7) is 9.90. The lowest BCUT2D eigenvalue weighted by molar-refractivity contribution is -0.154. The van der Waals surface area contributed by atoms with Gasteiger partial charge in [-0.2, -0.15) is 0 Å². The Morgan fingerprint density at radius 3 is 2.45 bits per heavy atom. The monoisotopic (exact) mass is 281 g/mol. The van der Waals surface area contributed by atoms with Gasteiger partial charge in [-0.05, 0) is 53.5 Å². The summed E-state index contributed by atoms with van der Waals surface area (Å²) in [5, 5.41) is 0. The Labute approximate surface area is 121 Å². The molecule has 1 saturated carbocycles. The molecule has 5 nitrogen and oxygen atoms in total. The molecule has 0 bridgehead atoms. The highest BCUT2D eigenvalue weighted by Gasteiger charge is 2.49. The fourth-order valence-electron chi connectivity index (χ4n) is 2.99. The Balaban J connectivity index is 2.10.